The van der Waals surface area contributed by atoms with E-state index in [1.54, 1.807) is 9.80 Å². The number of carbonyl (C=O) groups is 3. The summed E-state index contributed by atoms with van der Waals surface area (Å²) in [5, 5.41) is 11.2. The average molecular weight is 382 g/mol. The normalized spacial score (nSPS) is 25.5. The molecule has 2 N–H and O–H groups in total. The Bertz CT molecular complexity index is 546. The van der Waals surface area contributed by atoms with Crippen LogP contribution < -0.4 is 5.32 Å². The van der Waals surface area contributed by atoms with Crippen molar-refractivity contribution in [3.05, 3.63) is 0 Å². The lowest BCUT2D eigenvalue weighted by Gasteiger charge is -2.36. The van der Waals surface area contributed by atoms with Gasteiger partial charge in [0.1, 0.15) is 12.1 Å². The van der Waals surface area contributed by atoms with Crippen LogP contribution in [-0.2, 0) is 14.3 Å². The number of rotatable bonds is 6. The first-order valence-corrected chi connectivity index (χ1v) is 9.95. The van der Waals surface area contributed by atoms with Gasteiger partial charge in [-0.3, -0.25) is 9.59 Å². The number of amides is 3. The summed E-state index contributed by atoms with van der Waals surface area (Å²) < 4.78 is 5.33. The number of piperidine rings is 1. The molecular weight excluding hydrogens is 352 g/mol. The Morgan fingerprint density at radius 3 is 2.48 bits per heavy atom. The third kappa shape index (κ3) is 5.10. The summed E-state index contributed by atoms with van der Waals surface area (Å²) in [5.74, 6) is -0.331. The van der Waals surface area contributed by atoms with Crippen LogP contribution in [0.25, 0.3) is 0 Å². The molecule has 0 aliphatic carbocycles. The Labute approximate surface area is 159 Å². The van der Waals surface area contributed by atoms with Crippen molar-refractivity contribution in [2.45, 2.75) is 44.2 Å². The minimum atomic E-state index is -1.21. The van der Waals surface area contributed by atoms with E-state index in [2.05, 4.69) is 10.2 Å². The fourth-order valence-corrected chi connectivity index (χ4v) is 4.19. The summed E-state index contributed by atoms with van der Waals surface area (Å²) >= 11 is 0. The number of nitrogens with zero attached hydrogens (tertiary/aromatic N) is 3. The van der Waals surface area contributed by atoms with Gasteiger partial charge in [0.25, 0.3) is 0 Å². The summed E-state index contributed by atoms with van der Waals surface area (Å²) in [6.07, 6.45) is 3.38. The van der Waals surface area contributed by atoms with Gasteiger partial charge in [-0.15, -0.1) is 0 Å². The number of hydrogen-bond donors (Lipinski definition) is 2. The molecule has 0 aromatic carbocycles. The highest BCUT2D eigenvalue weighted by Gasteiger charge is 2.41. The van der Waals surface area contributed by atoms with Crippen LogP contribution >= 0.6 is 0 Å². The molecule has 3 heterocycles. The Kier molecular flexibility index (Phi) is 6.89. The molecule has 3 fully saturated rings. The highest BCUT2D eigenvalue weighted by atomic mass is 16.5. The molecule has 9 heteroatoms. The average Bonchev–Trinajstić information content (AvgIpc) is 3.03. The molecule has 0 spiro atoms. The summed E-state index contributed by atoms with van der Waals surface area (Å²) in [4.78, 5) is 42.5. The quantitative estimate of drug-likeness (QED) is 0.668. The van der Waals surface area contributed by atoms with Crippen molar-refractivity contribution in [2.75, 3.05) is 52.5 Å². The first kappa shape index (κ1) is 19.9. The van der Waals surface area contributed by atoms with E-state index in [1.807, 2.05) is 0 Å². The van der Waals surface area contributed by atoms with E-state index in [0.29, 0.717) is 45.7 Å². The van der Waals surface area contributed by atoms with E-state index >= 15 is 0 Å². The third-order valence-corrected chi connectivity index (χ3v) is 5.69. The van der Waals surface area contributed by atoms with Gasteiger partial charge in [-0.2, -0.15) is 0 Å². The number of carboxylic acid groups (broad SMARTS) is 1. The number of morpholine rings is 1. The second-order valence-corrected chi connectivity index (χ2v) is 7.47. The van der Waals surface area contributed by atoms with Crippen molar-refractivity contribution in [3.8, 4) is 0 Å². The van der Waals surface area contributed by atoms with Crippen LogP contribution in [0.4, 0.5) is 4.79 Å². The molecule has 0 radical (unpaired) electrons. The Morgan fingerprint density at radius 2 is 1.81 bits per heavy atom. The zero-order chi connectivity index (χ0) is 19.2. The number of nitrogens with one attached hydrogen (secondary N) is 1. The summed E-state index contributed by atoms with van der Waals surface area (Å²) in [6.45, 7) is 5.37. The fraction of sp³-hybridized carbons (Fsp3) is 0.833. The van der Waals surface area contributed by atoms with E-state index in [4.69, 9.17) is 9.84 Å². The van der Waals surface area contributed by atoms with Gasteiger partial charge in [0.15, 0.2) is 0 Å². The fourth-order valence-electron chi connectivity index (χ4n) is 4.19. The smallest absolute Gasteiger partial charge is 0.405 e. The number of likely N-dealkylation sites (tertiary alicyclic amines) is 2. The molecule has 3 amide bonds. The van der Waals surface area contributed by atoms with Crippen molar-refractivity contribution in [3.63, 3.8) is 0 Å². The zero-order valence-electron chi connectivity index (χ0n) is 15.8. The summed E-state index contributed by atoms with van der Waals surface area (Å²) in [6, 6.07) is -1.28. The van der Waals surface area contributed by atoms with E-state index < -0.39 is 18.2 Å². The van der Waals surface area contributed by atoms with E-state index in [0.717, 1.165) is 19.6 Å². The van der Waals surface area contributed by atoms with Crippen molar-refractivity contribution in [1.29, 1.82) is 0 Å². The molecule has 0 bridgehead atoms. The molecule has 9 nitrogen and oxygen atoms in total. The van der Waals surface area contributed by atoms with Crippen LogP contribution in [0.3, 0.4) is 0 Å². The molecular formula is C18H30N4O5. The van der Waals surface area contributed by atoms with Gasteiger partial charge in [-0.25, -0.2) is 4.79 Å². The van der Waals surface area contributed by atoms with E-state index in [9.17, 15) is 14.4 Å². The molecule has 3 aliphatic rings. The molecule has 3 rings (SSSR count). The molecule has 0 aromatic heterocycles. The minimum Gasteiger partial charge on any atom is -0.465 e. The molecule has 27 heavy (non-hydrogen) atoms. The summed E-state index contributed by atoms with van der Waals surface area (Å²) in [7, 11) is 0. The van der Waals surface area contributed by atoms with E-state index in [1.165, 1.54) is 19.3 Å². The maximum atomic E-state index is 13.2. The van der Waals surface area contributed by atoms with Gasteiger partial charge in [0, 0.05) is 26.2 Å². The molecule has 0 aromatic rings. The molecule has 0 saturated carbocycles. The molecule has 3 aliphatic heterocycles. The zero-order valence-corrected chi connectivity index (χ0v) is 15.8. The minimum absolute atomic E-state index is 0.0420. The lowest BCUT2D eigenvalue weighted by molar-refractivity contribution is -0.147. The highest BCUT2D eigenvalue weighted by Crippen LogP contribution is 2.20. The van der Waals surface area contributed by atoms with Crippen molar-refractivity contribution in [1.82, 2.24) is 20.0 Å². The van der Waals surface area contributed by atoms with Crippen molar-refractivity contribution in [2.24, 2.45) is 0 Å². The Morgan fingerprint density at radius 1 is 1.11 bits per heavy atom. The van der Waals surface area contributed by atoms with Crippen LogP contribution in [0.1, 0.15) is 32.1 Å². The van der Waals surface area contributed by atoms with Crippen LogP contribution in [0, 0.1) is 0 Å². The second kappa shape index (κ2) is 9.36. The first-order chi connectivity index (χ1) is 13.1. The molecule has 3 saturated heterocycles. The van der Waals surface area contributed by atoms with Crippen LogP contribution in [0.15, 0.2) is 0 Å². The Balaban J connectivity index is 1.67. The monoisotopic (exact) mass is 382 g/mol. The second-order valence-electron chi connectivity index (χ2n) is 7.47. The predicted octanol–water partition coefficient (Wildman–Crippen LogP) is -0.0417. The third-order valence-electron chi connectivity index (χ3n) is 5.69. The lowest BCUT2D eigenvalue weighted by atomic mass is 10.1. The van der Waals surface area contributed by atoms with E-state index in [-0.39, 0.29) is 11.8 Å². The number of ether oxygens (including phenoxy) is 1. The number of hydrogen-bond acceptors (Lipinski definition) is 5. The molecule has 152 valence electrons. The highest BCUT2D eigenvalue weighted by molar-refractivity contribution is 5.92. The van der Waals surface area contributed by atoms with Crippen molar-refractivity contribution >= 4 is 17.9 Å². The van der Waals surface area contributed by atoms with Crippen LogP contribution in [0.5, 0.6) is 0 Å². The number of carbonyl (C=O) groups excluding carboxylic acids is 2. The van der Waals surface area contributed by atoms with Gasteiger partial charge < -0.3 is 29.9 Å². The topological polar surface area (TPSA) is 102 Å². The molecule has 2 atom stereocenters. The maximum Gasteiger partial charge on any atom is 0.405 e. The van der Waals surface area contributed by atoms with Gasteiger partial charge in [-0.05, 0) is 38.8 Å². The van der Waals surface area contributed by atoms with Crippen molar-refractivity contribution < 1.29 is 24.2 Å². The first-order valence-electron chi connectivity index (χ1n) is 9.95. The predicted molar refractivity (Wildman–Crippen MR) is 97.4 cm³/mol. The largest absolute Gasteiger partial charge is 0.465 e. The lowest BCUT2D eigenvalue weighted by Crippen LogP contribution is -2.54. The van der Waals surface area contributed by atoms with Gasteiger partial charge in [0.2, 0.25) is 11.8 Å². The Hall–Kier alpha value is -1.87. The molecule has 0 unspecified atom stereocenters. The maximum absolute atomic E-state index is 13.2. The standard InChI is InChI=1S/C18H30N4O5/c23-16-14(19-18(25)26)4-9-22(16)15(5-8-20-6-2-1-3-7-20)17(24)21-10-12-27-13-11-21/h14-15,19H,1-13H2,(H,25,26)/t14-,15-/m0/s1. The van der Waals surface area contributed by atoms with Gasteiger partial charge in [0.05, 0.1) is 13.2 Å². The SMILES string of the molecule is O=C(O)N[C@H]1CCN([C@@H](CCN2CCCCC2)C(=O)N2CCOCC2)C1=O. The van der Waals surface area contributed by atoms with Gasteiger partial charge in [-0.1, -0.05) is 6.42 Å². The van der Waals surface area contributed by atoms with Crippen LogP contribution in [0.2, 0.25) is 0 Å². The van der Waals surface area contributed by atoms with Gasteiger partial charge >= 0.3 is 6.09 Å². The van der Waals surface area contributed by atoms with Crippen LogP contribution in [-0.4, -0.2) is 102 Å². The summed E-state index contributed by atoms with van der Waals surface area (Å²) in [5.41, 5.74) is 0.